The number of hydrogen-bond donors (Lipinski definition) is 3. The van der Waals surface area contributed by atoms with Gasteiger partial charge in [-0.15, -0.1) is 0 Å². The Morgan fingerprint density at radius 3 is 3.00 bits per heavy atom. The van der Waals surface area contributed by atoms with Crippen molar-refractivity contribution < 1.29 is 9.90 Å². The maximum Gasteiger partial charge on any atom is 0.411 e. The van der Waals surface area contributed by atoms with E-state index < -0.39 is 6.09 Å². The van der Waals surface area contributed by atoms with E-state index in [2.05, 4.69) is 15.3 Å². The smallest absolute Gasteiger partial charge is 0.411 e. The van der Waals surface area contributed by atoms with Crippen LogP contribution in [-0.2, 0) is 0 Å². The van der Waals surface area contributed by atoms with Crippen molar-refractivity contribution in [2.45, 2.75) is 6.92 Å². The van der Waals surface area contributed by atoms with Crippen LogP contribution >= 0.6 is 0 Å². The Morgan fingerprint density at radius 1 is 1.90 bits per heavy atom. The Kier molecular flexibility index (Phi) is 1.57. The molecule has 0 aromatic carbocycles. The van der Waals surface area contributed by atoms with Gasteiger partial charge in [0.1, 0.15) is 0 Å². The van der Waals surface area contributed by atoms with Crippen LogP contribution in [0.3, 0.4) is 0 Å². The van der Waals surface area contributed by atoms with Gasteiger partial charge in [0.05, 0.1) is 0 Å². The molecule has 0 spiro atoms. The van der Waals surface area contributed by atoms with Crippen molar-refractivity contribution in [2.24, 2.45) is 0 Å². The molecule has 3 N–H and O–H groups in total. The summed E-state index contributed by atoms with van der Waals surface area (Å²) in [6.45, 7) is 1.79. The van der Waals surface area contributed by atoms with Gasteiger partial charge in [0, 0.05) is 11.9 Å². The maximum atomic E-state index is 10.0. The Hall–Kier alpha value is -1.52. The van der Waals surface area contributed by atoms with E-state index in [0.717, 1.165) is 5.69 Å². The number of hydrogen-bond acceptors (Lipinski definition) is 2. The molecule has 0 radical (unpaired) electrons. The van der Waals surface area contributed by atoms with E-state index in [9.17, 15) is 4.79 Å². The van der Waals surface area contributed by atoms with Crippen LogP contribution in [0.15, 0.2) is 6.20 Å². The Bertz CT molecular complexity index is 243. The highest BCUT2D eigenvalue weighted by Crippen LogP contribution is 1.98. The largest absolute Gasteiger partial charge is 0.465 e. The molecule has 0 bridgehead atoms. The third-order valence-corrected chi connectivity index (χ3v) is 0.928. The molecule has 0 unspecified atom stereocenters. The monoisotopic (exact) mass is 141 g/mol. The number of amides is 1. The summed E-state index contributed by atoms with van der Waals surface area (Å²) in [6.07, 6.45) is 0.431. The predicted molar refractivity (Wildman–Crippen MR) is 35.0 cm³/mol. The number of carbonyl (C=O) groups is 1. The SMILES string of the molecule is Cc1cnc(NC(=O)O)[nH]1. The van der Waals surface area contributed by atoms with Crippen molar-refractivity contribution in [3.8, 4) is 0 Å². The van der Waals surface area contributed by atoms with Gasteiger partial charge < -0.3 is 10.1 Å². The molecule has 10 heavy (non-hydrogen) atoms. The van der Waals surface area contributed by atoms with E-state index in [1.807, 2.05) is 0 Å². The molecule has 1 aromatic heterocycles. The van der Waals surface area contributed by atoms with Gasteiger partial charge in [-0.05, 0) is 6.92 Å². The van der Waals surface area contributed by atoms with Gasteiger partial charge in [-0.1, -0.05) is 0 Å². The van der Waals surface area contributed by atoms with E-state index in [1.54, 1.807) is 13.1 Å². The first-order valence-corrected chi connectivity index (χ1v) is 2.70. The quantitative estimate of drug-likeness (QED) is 0.541. The molecule has 0 aliphatic carbocycles. The Balaban J connectivity index is 2.67. The molecule has 0 saturated carbocycles. The molecule has 54 valence electrons. The Morgan fingerprint density at radius 2 is 2.60 bits per heavy atom. The Labute approximate surface area is 57.1 Å². The average molecular weight is 141 g/mol. The normalized spacial score (nSPS) is 9.30. The number of anilines is 1. The van der Waals surface area contributed by atoms with Gasteiger partial charge in [-0.3, -0.25) is 5.32 Å². The fourth-order valence-electron chi connectivity index (χ4n) is 0.577. The second kappa shape index (κ2) is 2.38. The van der Waals surface area contributed by atoms with Crippen molar-refractivity contribution in [1.29, 1.82) is 0 Å². The highest BCUT2D eigenvalue weighted by atomic mass is 16.4. The van der Waals surface area contributed by atoms with Gasteiger partial charge in [-0.2, -0.15) is 0 Å². The van der Waals surface area contributed by atoms with Crippen LogP contribution in [0, 0.1) is 6.92 Å². The molecule has 1 amide bonds. The zero-order valence-electron chi connectivity index (χ0n) is 5.38. The number of rotatable bonds is 1. The number of H-pyrrole nitrogens is 1. The lowest BCUT2D eigenvalue weighted by atomic mass is 10.6. The van der Waals surface area contributed by atoms with Crippen LogP contribution < -0.4 is 5.32 Å². The zero-order valence-corrected chi connectivity index (χ0v) is 5.38. The van der Waals surface area contributed by atoms with E-state index >= 15 is 0 Å². The minimum Gasteiger partial charge on any atom is -0.465 e. The number of nitrogens with zero attached hydrogens (tertiary/aromatic N) is 1. The van der Waals surface area contributed by atoms with Gasteiger partial charge in [-0.25, -0.2) is 9.78 Å². The fraction of sp³-hybridized carbons (Fsp3) is 0.200. The molecule has 0 saturated heterocycles. The van der Waals surface area contributed by atoms with Gasteiger partial charge in [0.15, 0.2) is 0 Å². The molecule has 1 rings (SSSR count). The van der Waals surface area contributed by atoms with Crippen LogP contribution in [0.4, 0.5) is 10.7 Å². The number of carboxylic acid groups (broad SMARTS) is 1. The molecule has 0 aliphatic heterocycles. The third-order valence-electron chi connectivity index (χ3n) is 0.928. The molecule has 0 aliphatic rings. The molecular formula is C5H7N3O2. The zero-order chi connectivity index (χ0) is 7.56. The number of nitrogens with one attached hydrogen (secondary N) is 2. The standard InChI is InChI=1S/C5H7N3O2/c1-3-2-6-4(7-3)8-5(9)10/h2H,1H3,(H,9,10)(H2,6,7,8). The summed E-state index contributed by atoms with van der Waals surface area (Å²) in [5, 5.41) is 10.3. The van der Waals surface area contributed by atoms with Crippen LogP contribution in [-0.4, -0.2) is 21.2 Å². The van der Waals surface area contributed by atoms with Crippen molar-refractivity contribution in [3.05, 3.63) is 11.9 Å². The van der Waals surface area contributed by atoms with Crippen molar-refractivity contribution in [1.82, 2.24) is 9.97 Å². The number of aryl methyl sites for hydroxylation is 1. The lowest BCUT2D eigenvalue weighted by Gasteiger charge is -1.91. The van der Waals surface area contributed by atoms with E-state index in [1.165, 1.54) is 0 Å². The molecular weight excluding hydrogens is 134 g/mol. The van der Waals surface area contributed by atoms with Crippen molar-refractivity contribution in [3.63, 3.8) is 0 Å². The summed E-state index contributed by atoms with van der Waals surface area (Å²) in [4.78, 5) is 16.4. The van der Waals surface area contributed by atoms with E-state index in [0.29, 0.717) is 0 Å². The molecule has 0 atom stereocenters. The molecule has 0 fully saturated rings. The van der Waals surface area contributed by atoms with E-state index in [-0.39, 0.29) is 5.95 Å². The van der Waals surface area contributed by atoms with Crippen molar-refractivity contribution >= 4 is 12.0 Å². The van der Waals surface area contributed by atoms with Crippen LogP contribution in [0.5, 0.6) is 0 Å². The summed E-state index contributed by atoms with van der Waals surface area (Å²) < 4.78 is 0. The van der Waals surface area contributed by atoms with Gasteiger partial charge in [0.25, 0.3) is 0 Å². The van der Waals surface area contributed by atoms with Crippen LogP contribution in [0.1, 0.15) is 5.69 Å². The average Bonchev–Trinajstić information content (AvgIpc) is 2.13. The molecule has 5 heteroatoms. The number of aromatic amines is 1. The lowest BCUT2D eigenvalue weighted by Crippen LogP contribution is -2.08. The highest BCUT2D eigenvalue weighted by Gasteiger charge is 1.98. The first-order valence-electron chi connectivity index (χ1n) is 2.70. The second-order valence-electron chi connectivity index (χ2n) is 1.84. The van der Waals surface area contributed by atoms with Crippen LogP contribution in [0.25, 0.3) is 0 Å². The summed E-state index contributed by atoms with van der Waals surface area (Å²) in [5.74, 6) is 0.255. The third kappa shape index (κ3) is 1.48. The maximum absolute atomic E-state index is 10.0. The number of imidazole rings is 1. The summed E-state index contributed by atoms with van der Waals surface area (Å²) >= 11 is 0. The lowest BCUT2D eigenvalue weighted by molar-refractivity contribution is 0.209. The van der Waals surface area contributed by atoms with Gasteiger partial charge >= 0.3 is 6.09 Å². The molecule has 1 heterocycles. The highest BCUT2D eigenvalue weighted by molar-refractivity contribution is 5.80. The minimum absolute atomic E-state index is 0.255. The second-order valence-corrected chi connectivity index (χ2v) is 1.84. The molecule has 5 nitrogen and oxygen atoms in total. The van der Waals surface area contributed by atoms with Crippen LogP contribution in [0.2, 0.25) is 0 Å². The fourth-order valence-corrected chi connectivity index (χ4v) is 0.577. The first-order chi connectivity index (χ1) is 4.68. The summed E-state index contributed by atoms with van der Waals surface area (Å²) in [7, 11) is 0. The van der Waals surface area contributed by atoms with Gasteiger partial charge in [0.2, 0.25) is 5.95 Å². The molecule has 1 aromatic rings. The topological polar surface area (TPSA) is 78.0 Å². The minimum atomic E-state index is -1.12. The predicted octanol–water partition coefficient (Wildman–Crippen LogP) is 0.808. The summed E-state index contributed by atoms with van der Waals surface area (Å²) in [5.41, 5.74) is 0.823. The first kappa shape index (κ1) is 6.60. The van der Waals surface area contributed by atoms with E-state index in [4.69, 9.17) is 5.11 Å². The number of aromatic nitrogens is 2. The van der Waals surface area contributed by atoms with Crippen molar-refractivity contribution in [2.75, 3.05) is 5.32 Å². The summed E-state index contributed by atoms with van der Waals surface area (Å²) in [6, 6.07) is 0.